The minimum Gasteiger partial charge on any atom is -0.459 e. The molecular weight excluding hydrogens is 696 g/mol. The number of carbonyl (C=O) groups excluding carboxylic acids is 4. The zero-order chi connectivity index (χ0) is 40.7. The van der Waals surface area contributed by atoms with Crippen molar-refractivity contribution >= 4 is 23.9 Å². The molecule has 12 nitrogen and oxygen atoms in total. The summed E-state index contributed by atoms with van der Waals surface area (Å²) in [7, 11) is 1.48. The van der Waals surface area contributed by atoms with Crippen molar-refractivity contribution in [3.8, 4) is 0 Å². The molecule has 300 valence electrons. The van der Waals surface area contributed by atoms with E-state index >= 15 is 0 Å². The van der Waals surface area contributed by atoms with Crippen LogP contribution in [0.3, 0.4) is 0 Å². The first-order valence-electron chi connectivity index (χ1n) is 18.8. The van der Waals surface area contributed by atoms with Crippen molar-refractivity contribution in [1.82, 2.24) is 0 Å². The van der Waals surface area contributed by atoms with Crippen LogP contribution in [0, 0.1) is 35.5 Å². The third-order valence-corrected chi connectivity index (χ3v) is 10.8. The summed E-state index contributed by atoms with van der Waals surface area (Å²) in [6, 6.07) is 0. The van der Waals surface area contributed by atoms with Gasteiger partial charge in [-0.2, -0.15) is 0 Å². The minimum atomic E-state index is -1.98. The van der Waals surface area contributed by atoms with Crippen LogP contribution in [0.2, 0.25) is 0 Å². The molecule has 3 heterocycles. The van der Waals surface area contributed by atoms with Gasteiger partial charge < -0.3 is 39.0 Å². The summed E-state index contributed by atoms with van der Waals surface area (Å²) in [4.78, 5) is 49.7. The van der Waals surface area contributed by atoms with Gasteiger partial charge in [0.15, 0.2) is 5.79 Å². The van der Waals surface area contributed by atoms with Crippen molar-refractivity contribution in [1.29, 1.82) is 0 Å². The number of aliphatic hydroxyl groups excluding tert-OH is 2. The fourth-order valence-corrected chi connectivity index (χ4v) is 7.53. The van der Waals surface area contributed by atoms with Gasteiger partial charge in [0, 0.05) is 54.9 Å². The SMILES string of the molecule is CO[C@H]1/C=C/C=C(\C)C[C@H](C)[C@H](O)[C@H](C)/C=C(C)\C=C(\C)C(=O)O[C@H]1[C@H](C)[C@@H](O)[C@H](C)[C@@]1(O)C[C@@H](OC(=O)/C=C/C2=CC(=O)OC2=O)[C@H](C)[C@@H](C(C)C)O1. The molecule has 12 heteroatoms. The molecular formula is C42H60O12. The van der Waals surface area contributed by atoms with Gasteiger partial charge in [-0.15, -0.1) is 0 Å². The lowest BCUT2D eigenvalue weighted by molar-refractivity contribution is -0.329. The number of allylic oxidation sites excluding steroid dienone is 5. The second-order valence-corrected chi connectivity index (χ2v) is 15.7. The number of carbonyl (C=O) groups is 4. The highest BCUT2D eigenvalue weighted by atomic mass is 16.6. The van der Waals surface area contributed by atoms with Gasteiger partial charge in [-0.25, -0.2) is 19.2 Å². The molecule has 3 N–H and O–H groups in total. The van der Waals surface area contributed by atoms with Crippen molar-refractivity contribution in [2.45, 2.75) is 124 Å². The van der Waals surface area contributed by atoms with Crippen molar-refractivity contribution < 1.29 is 58.2 Å². The van der Waals surface area contributed by atoms with Crippen LogP contribution < -0.4 is 0 Å². The Hall–Kier alpha value is -3.68. The van der Waals surface area contributed by atoms with Gasteiger partial charge >= 0.3 is 23.9 Å². The molecule has 0 radical (unpaired) electrons. The predicted octanol–water partition coefficient (Wildman–Crippen LogP) is 5.23. The summed E-state index contributed by atoms with van der Waals surface area (Å²) >= 11 is 0. The van der Waals surface area contributed by atoms with E-state index in [0.29, 0.717) is 12.0 Å². The highest BCUT2D eigenvalue weighted by Crippen LogP contribution is 2.42. The van der Waals surface area contributed by atoms with Crippen molar-refractivity contribution in [2.24, 2.45) is 35.5 Å². The quantitative estimate of drug-likeness (QED) is 0.121. The van der Waals surface area contributed by atoms with Gasteiger partial charge in [-0.3, -0.25) is 0 Å². The van der Waals surface area contributed by atoms with Gasteiger partial charge in [0.1, 0.15) is 18.3 Å². The molecule has 3 aliphatic rings. The molecule has 3 rings (SSSR count). The smallest absolute Gasteiger partial charge is 0.346 e. The number of methoxy groups -OCH3 is 1. The van der Waals surface area contributed by atoms with Crippen LogP contribution in [0.15, 0.2) is 70.9 Å². The Kier molecular flexibility index (Phi) is 15.9. The number of aliphatic hydroxyl groups is 3. The lowest BCUT2D eigenvalue weighted by Crippen LogP contribution is -2.59. The van der Waals surface area contributed by atoms with E-state index < -0.39 is 78.1 Å². The number of hydrogen-bond donors (Lipinski definition) is 3. The lowest BCUT2D eigenvalue weighted by Gasteiger charge is -2.50. The maximum absolute atomic E-state index is 13.6. The second-order valence-electron chi connectivity index (χ2n) is 15.7. The maximum atomic E-state index is 13.6. The molecule has 1 saturated heterocycles. The molecule has 3 aliphatic heterocycles. The molecule has 0 aromatic rings. The van der Waals surface area contributed by atoms with Crippen molar-refractivity contribution in [3.63, 3.8) is 0 Å². The number of cyclic esters (lactones) is 3. The number of esters is 4. The normalized spacial score (nSPS) is 37.1. The Balaban J connectivity index is 1.94. The molecule has 0 unspecified atom stereocenters. The average molecular weight is 757 g/mol. The van der Waals surface area contributed by atoms with E-state index in [4.69, 9.17) is 18.9 Å². The van der Waals surface area contributed by atoms with Crippen LogP contribution in [0.25, 0.3) is 0 Å². The zero-order valence-corrected chi connectivity index (χ0v) is 33.5. The molecule has 54 heavy (non-hydrogen) atoms. The monoisotopic (exact) mass is 756 g/mol. The Labute approximate surface area is 319 Å². The summed E-state index contributed by atoms with van der Waals surface area (Å²) in [6.07, 6.45) is 7.52. The molecule has 0 aromatic heterocycles. The summed E-state index contributed by atoms with van der Waals surface area (Å²) in [6.45, 7) is 18.4. The molecule has 0 saturated carbocycles. The first-order chi connectivity index (χ1) is 25.2. The van der Waals surface area contributed by atoms with Gasteiger partial charge in [0.2, 0.25) is 0 Å². The molecule has 0 aromatic carbocycles. The zero-order valence-electron chi connectivity index (χ0n) is 33.5. The molecule has 0 bridgehead atoms. The predicted molar refractivity (Wildman–Crippen MR) is 201 cm³/mol. The average Bonchev–Trinajstić information content (AvgIpc) is 3.43. The van der Waals surface area contributed by atoms with Crippen LogP contribution in [0.5, 0.6) is 0 Å². The lowest BCUT2D eigenvalue weighted by atomic mass is 9.76. The maximum Gasteiger partial charge on any atom is 0.346 e. The van der Waals surface area contributed by atoms with Crippen LogP contribution in [-0.2, 0) is 42.9 Å². The second kappa shape index (κ2) is 19.3. The minimum absolute atomic E-state index is 0.0211. The van der Waals surface area contributed by atoms with Gasteiger partial charge in [-0.05, 0) is 51.2 Å². The molecule has 12 atom stereocenters. The van der Waals surface area contributed by atoms with Crippen LogP contribution in [0.1, 0.15) is 82.1 Å². The molecule has 0 aliphatic carbocycles. The number of hydrogen-bond acceptors (Lipinski definition) is 12. The number of rotatable bonds is 9. The van der Waals surface area contributed by atoms with Gasteiger partial charge in [-0.1, -0.05) is 83.9 Å². The van der Waals surface area contributed by atoms with Crippen molar-refractivity contribution in [2.75, 3.05) is 7.11 Å². The third kappa shape index (κ3) is 11.4. The fourth-order valence-electron chi connectivity index (χ4n) is 7.53. The van der Waals surface area contributed by atoms with Crippen LogP contribution in [0.4, 0.5) is 0 Å². The first kappa shape index (κ1) is 44.7. The highest BCUT2D eigenvalue weighted by Gasteiger charge is 2.53. The summed E-state index contributed by atoms with van der Waals surface area (Å²) in [5.41, 5.74) is 2.03. The van der Waals surface area contributed by atoms with E-state index in [1.165, 1.54) is 7.11 Å². The van der Waals surface area contributed by atoms with Crippen LogP contribution >= 0.6 is 0 Å². The summed E-state index contributed by atoms with van der Waals surface area (Å²) in [5, 5.41) is 35.1. The Morgan fingerprint density at radius 1 is 1.02 bits per heavy atom. The largest absolute Gasteiger partial charge is 0.459 e. The fraction of sp³-hybridized carbons (Fsp3) is 0.619. The van der Waals surface area contributed by atoms with E-state index in [0.717, 1.165) is 29.4 Å². The Bertz CT molecular complexity index is 1570. The van der Waals surface area contributed by atoms with E-state index in [9.17, 15) is 34.5 Å². The molecule has 1 fully saturated rings. The highest BCUT2D eigenvalue weighted by molar-refractivity contribution is 6.11. The molecule has 0 amide bonds. The molecule has 0 spiro atoms. The topological polar surface area (TPSA) is 175 Å². The standard InChI is InChI=1S/C42H60O12/c1-22(2)38-28(8)33(51-34(43)16-15-31-20-35(44)52-41(31)48)21-42(49,54-38)30(10)37(46)29(9)39-32(50-11)14-12-13-23(3)17-25(5)36(45)26(6)18-24(4)19-27(7)40(47)53-39/h12-16,18-20,22,25-26,28-30,32-33,36-39,45-46,49H,17,21H2,1-11H3/b14-12+,16-15+,23-13+,24-18-,27-19-/t25-,26+,28-,29+,30-,32-,33+,36-,37+,38+,39-,42+/m0/s1. The van der Waals surface area contributed by atoms with Crippen LogP contribution in [-0.4, -0.2) is 88.7 Å². The number of ether oxygens (including phenoxy) is 5. The summed E-state index contributed by atoms with van der Waals surface area (Å²) in [5.74, 6) is -7.57. The van der Waals surface area contributed by atoms with E-state index in [1.54, 1.807) is 39.0 Å². The Morgan fingerprint density at radius 2 is 1.69 bits per heavy atom. The van der Waals surface area contributed by atoms with E-state index in [-0.39, 0.29) is 35.7 Å². The van der Waals surface area contributed by atoms with E-state index in [1.807, 2.05) is 60.6 Å². The van der Waals surface area contributed by atoms with E-state index in [2.05, 4.69) is 4.74 Å². The van der Waals surface area contributed by atoms with Gasteiger partial charge in [0.05, 0.1) is 23.9 Å². The van der Waals surface area contributed by atoms with Crippen molar-refractivity contribution in [3.05, 3.63) is 70.9 Å². The first-order valence-corrected chi connectivity index (χ1v) is 18.8. The third-order valence-electron chi connectivity index (χ3n) is 10.8. The van der Waals surface area contributed by atoms with Gasteiger partial charge in [0.25, 0.3) is 0 Å². The Morgan fingerprint density at radius 3 is 2.28 bits per heavy atom. The summed E-state index contributed by atoms with van der Waals surface area (Å²) < 4.78 is 28.5.